The van der Waals surface area contributed by atoms with Gasteiger partial charge in [0.15, 0.2) is 0 Å². The van der Waals surface area contributed by atoms with Crippen LogP contribution in [0.5, 0.6) is 5.88 Å². The van der Waals surface area contributed by atoms with Crippen LogP contribution in [0.25, 0.3) is 22.0 Å². The number of carbonyl (C=O) groups excluding carboxylic acids is 1. The number of rotatable bonds is 7. The van der Waals surface area contributed by atoms with Gasteiger partial charge in [0.05, 0.1) is 20.3 Å². The van der Waals surface area contributed by atoms with Gasteiger partial charge >= 0.3 is 5.97 Å². The molecule has 0 atom stereocenters. The molecule has 2 aromatic heterocycles. The van der Waals surface area contributed by atoms with Crippen molar-refractivity contribution >= 4 is 29.8 Å². The van der Waals surface area contributed by atoms with Gasteiger partial charge in [-0.15, -0.1) is 0 Å². The Bertz CT molecular complexity index is 1380. The molecule has 0 aliphatic carbocycles. The average molecular weight is 523 g/mol. The molecule has 0 fully saturated rings. The molecular formula is C25H22F4N2O4S. The number of nitrogens with zero attached hydrogens (tertiary/aromatic N) is 2. The van der Waals surface area contributed by atoms with E-state index in [1.54, 1.807) is 19.1 Å². The zero-order valence-electron chi connectivity index (χ0n) is 19.2. The van der Waals surface area contributed by atoms with Gasteiger partial charge in [0.25, 0.3) is 6.43 Å². The predicted octanol–water partition coefficient (Wildman–Crippen LogP) is 6.54. The van der Waals surface area contributed by atoms with E-state index in [-0.39, 0.29) is 41.4 Å². The van der Waals surface area contributed by atoms with Crippen molar-refractivity contribution in [3.63, 3.8) is 0 Å². The number of thiol groups is 1. The average Bonchev–Trinajstić information content (AvgIpc) is 3.20. The number of carbonyl (C=O) groups is 1. The molecule has 6 nitrogen and oxygen atoms in total. The lowest BCUT2D eigenvalue weighted by Gasteiger charge is -2.13. The Morgan fingerprint density at radius 2 is 1.89 bits per heavy atom. The highest BCUT2D eigenvalue weighted by atomic mass is 32.1. The normalized spacial score (nSPS) is 10.8. The summed E-state index contributed by atoms with van der Waals surface area (Å²) in [4.78, 5) is 17.3. The Morgan fingerprint density at radius 1 is 1.14 bits per heavy atom. The first-order valence-electron chi connectivity index (χ1n) is 10.6. The van der Waals surface area contributed by atoms with E-state index < -0.39 is 24.0 Å². The third kappa shape index (κ3) is 5.31. The van der Waals surface area contributed by atoms with Crippen molar-refractivity contribution in [1.82, 2.24) is 9.55 Å². The predicted molar refractivity (Wildman–Crippen MR) is 130 cm³/mol. The molecular weight excluding hydrogens is 500 g/mol. The fraction of sp³-hybridized carbons (Fsp3) is 0.200. The number of halogens is 4. The first kappa shape index (κ1) is 27.0. The van der Waals surface area contributed by atoms with Gasteiger partial charge < -0.3 is 18.6 Å². The molecule has 0 unspecified atom stereocenters. The molecule has 4 aromatic rings. The molecule has 0 saturated heterocycles. The minimum Gasteiger partial charge on any atom is -0.481 e. The summed E-state index contributed by atoms with van der Waals surface area (Å²) in [7, 11) is 1.40. The van der Waals surface area contributed by atoms with E-state index in [2.05, 4.69) is 17.9 Å². The van der Waals surface area contributed by atoms with Gasteiger partial charge in [-0.05, 0) is 50.2 Å². The van der Waals surface area contributed by atoms with Crippen LogP contribution in [0.2, 0.25) is 0 Å². The number of alkyl halides is 2. The smallest absolute Gasteiger partial charge is 0.355 e. The molecule has 190 valence electrons. The Labute approximate surface area is 209 Å². The summed E-state index contributed by atoms with van der Waals surface area (Å²) in [5.74, 6) is -2.11. The SMILES string of the molecule is CCOC(=O)c1c(-c2cccnc2OC)c2cc(C(F)F)ccc2n1Cc1ccc(F)cc1F.OS. The van der Waals surface area contributed by atoms with Crippen molar-refractivity contribution in [2.75, 3.05) is 13.7 Å². The van der Waals surface area contributed by atoms with E-state index in [1.165, 1.54) is 42.1 Å². The van der Waals surface area contributed by atoms with Crippen molar-refractivity contribution in [2.45, 2.75) is 19.9 Å². The lowest BCUT2D eigenvalue weighted by Crippen LogP contribution is -2.15. The fourth-order valence-corrected chi connectivity index (χ4v) is 3.92. The van der Waals surface area contributed by atoms with Crippen LogP contribution in [0, 0.1) is 11.6 Å². The van der Waals surface area contributed by atoms with E-state index in [9.17, 15) is 22.4 Å². The summed E-state index contributed by atoms with van der Waals surface area (Å²) in [5, 5.41) is 0.315. The van der Waals surface area contributed by atoms with E-state index in [0.29, 0.717) is 16.5 Å². The van der Waals surface area contributed by atoms with Crippen molar-refractivity contribution in [3.05, 3.63) is 83.2 Å². The monoisotopic (exact) mass is 522 g/mol. The van der Waals surface area contributed by atoms with Crippen molar-refractivity contribution in [3.8, 4) is 17.0 Å². The third-order valence-electron chi connectivity index (χ3n) is 5.39. The summed E-state index contributed by atoms with van der Waals surface area (Å²) >= 11 is 2.53. The number of fused-ring (bicyclic) bond motifs is 1. The van der Waals surface area contributed by atoms with Crippen LogP contribution < -0.4 is 4.74 Å². The Balaban J connectivity index is 0.00000176. The number of hydrogen-bond donors (Lipinski definition) is 2. The molecule has 0 bridgehead atoms. The minimum atomic E-state index is -2.75. The van der Waals surface area contributed by atoms with Gasteiger partial charge in [0.1, 0.15) is 17.3 Å². The molecule has 1 N–H and O–H groups in total. The lowest BCUT2D eigenvalue weighted by atomic mass is 10.0. The number of benzene rings is 2. The Kier molecular flexibility index (Phi) is 8.94. The summed E-state index contributed by atoms with van der Waals surface area (Å²) < 4.78 is 74.0. The van der Waals surface area contributed by atoms with Crippen molar-refractivity contribution < 1.29 is 36.4 Å². The zero-order valence-corrected chi connectivity index (χ0v) is 20.1. The molecule has 0 aliphatic rings. The highest BCUT2D eigenvalue weighted by Crippen LogP contribution is 2.41. The Hall–Kier alpha value is -3.57. The number of aromatic nitrogens is 2. The molecule has 0 radical (unpaired) electrons. The molecule has 0 aliphatic heterocycles. The number of ether oxygens (including phenoxy) is 2. The van der Waals surface area contributed by atoms with Gasteiger partial charge in [-0.25, -0.2) is 27.3 Å². The van der Waals surface area contributed by atoms with Crippen molar-refractivity contribution in [2.24, 2.45) is 0 Å². The van der Waals surface area contributed by atoms with Crippen LogP contribution in [-0.2, 0) is 11.3 Å². The number of hydrogen-bond acceptors (Lipinski definition) is 6. The highest BCUT2D eigenvalue weighted by molar-refractivity contribution is 7.74. The molecule has 2 aromatic carbocycles. The van der Waals surface area contributed by atoms with Crippen LogP contribution in [0.1, 0.15) is 35.0 Å². The van der Waals surface area contributed by atoms with Crippen molar-refractivity contribution in [1.29, 1.82) is 0 Å². The number of pyridine rings is 1. The summed E-state index contributed by atoms with van der Waals surface area (Å²) in [6, 6.07) is 10.3. The van der Waals surface area contributed by atoms with Gasteiger partial charge in [0.2, 0.25) is 5.88 Å². The van der Waals surface area contributed by atoms with Crippen LogP contribution in [0.4, 0.5) is 17.6 Å². The van der Waals surface area contributed by atoms with Crippen LogP contribution in [-0.4, -0.2) is 33.8 Å². The topological polar surface area (TPSA) is 73.6 Å². The molecule has 36 heavy (non-hydrogen) atoms. The van der Waals surface area contributed by atoms with Gasteiger partial charge in [-0.3, -0.25) is 0 Å². The lowest BCUT2D eigenvalue weighted by molar-refractivity contribution is 0.0516. The Morgan fingerprint density at radius 3 is 2.53 bits per heavy atom. The molecule has 4 rings (SSSR count). The first-order chi connectivity index (χ1) is 17.3. The number of methoxy groups -OCH3 is 1. The van der Waals surface area contributed by atoms with Crippen LogP contribution in [0.3, 0.4) is 0 Å². The maximum absolute atomic E-state index is 14.5. The third-order valence-corrected chi connectivity index (χ3v) is 5.39. The number of esters is 1. The second-order valence-corrected chi connectivity index (χ2v) is 7.40. The minimum absolute atomic E-state index is 0.0123. The van der Waals surface area contributed by atoms with Gasteiger partial charge in [0, 0.05) is 45.4 Å². The van der Waals surface area contributed by atoms with Crippen LogP contribution in [0.15, 0.2) is 54.7 Å². The quantitative estimate of drug-likeness (QED) is 0.125. The van der Waals surface area contributed by atoms with Gasteiger partial charge in [-0.2, -0.15) is 0 Å². The van der Waals surface area contributed by atoms with Crippen LogP contribution >= 0.6 is 12.9 Å². The largest absolute Gasteiger partial charge is 0.481 e. The maximum atomic E-state index is 14.5. The molecule has 0 amide bonds. The standard InChI is InChI=1S/C25H20F4N2O3.H2OS/c1-3-34-25(32)22-21(17-5-4-10-30-24(17)33-2)18-11-14(23(28)29)7-9-20(18)31(22)13-15-6-8-16(26)12-19(15)27;1-2/h4-12,23H,3,13H2,1-2H3;1-2H. The summed E-state index contributed by atoms with van der Waals surface area (Å²) in [6.45, 7) is 1.51. The molecule has 2 heterocycles. The molecule has 11 heteroatoms. The van der Waals surface area contributed by atoms with E-state index in [0.717, 1.165) is 12.1 Å². The first-order valence-corrected chi connectivity index (χ1v) is 11.0. The molecule has 0 spiro atoms. The second-order valence-electron chi connectivity index (χ2n) is 7.40. The maximum Gasteiger partial charge on any atom is 0.355 e. The summed E-state index contributed by atoms with van der Waals surface area (Å²) in [5.41, 5.74) is 0.894. The summed E-state index contributed by atoms with van der Waals surface area (Å²) in [6.07, 6.45) is -1.26. The molecule has 0 saturated carbocycles. The van der Waals surface area contributed by atoms with E-state index in [1.807, 2.05) is 0 Å². The second kappa shape index (κ2) is 11.9. The van der Waals surface area contributed by atoms with Gasteiger partial charge in [-0.1, -0.05) is 12.1 Å². The zero-order chi connectivity index (χ0) is 26.4. The highest BCUT2D eigenvalue weighted by Gasteiger charge is 2.28. The van der Waals surface area contributed by atoms with E-state index in [4.69, 9.17) is 14.0 Å². The fourth-order valence-electron chi connectivity index (χ4n) is 3.92. The van der Waals surface area contributed by atoms with E-state index >= 15 is 0 Å².